The van der Waals surface area contributed by atoms with Crippen molar-refractivity contribution >= 4 is 11.6 Å². The largest absolute Gasteiger partial charge is 0.417 e. The Morgan fingerprint density at radius 3 is 2.00 bits per heavy atom. The van der Waals surface area contributed by atoms with Crippen molar-refractivity contribution in [2.45, 2.75) is 32.0 Å². The van der Waals surface area contributed by atoms with Crippen molar-refractivity contribution in [1.29, 1.82) is 0 Å². The SMILES string of the molecule is CC1=C(CC(C)(O)C(F)(F)F)C(=O)c2ccccc2C1=O. The molecule has 0 heterocycles. The molecule has 1 aromatic carbocycles. The summed E-state index contributed by atoms with van der Waals surface area (Å²) in [6, 6.07) is 5.96. The summed E-state index contributed by atoms with van der Waals surface area (Å²) in [4.78, 5) is 24.4. The van der Waals surface area contributed by atoms with Gasteiger partial charge in [0.05, 0.1) is 0 Å². The van der Waals surface area contributed by atoms with E-state index in [2.05, 4.69) is 0 Å². The molecule has 1 unspecified atom stereocenters. The Labute approximate surface area is 119 Å². The number of hydrogen-bond acceptors (Lipinski definition) is 3. The van der Waals surface area contributed by atoms with Crippen molar-refractivity contribution in [3.63, 3.8) is 0 Å². The number of rotatable bonds is 2. The van der Waals surface area contributed by atoms with E-state index in [1.54, 1.807) is 6.07 Å². The predicted octanol–water partition coefficient (Wildman–Crippen LogP) is 3.09. The van der Waals surface area contributed by atoms with Crippen molar-refractivity contribution in [2.24, 2.45) is 0 Å². The Bertz CT molecular complexity index is 654. The number of benzene rings is 1. The van der Waals surface area contributed by atoms with Crippen molar-refractivity contribution in [1.82, 2.24) is 0 Å². The zero-order chi connectivity index (χ0) is 16.0. The Balaban J connectivity index is 2.49. The van der Waals surface area contributed by atoms with Crippen LogP contribution >= 0.6 is 0 Å². The van der Waals surface area contributed by atoms with Gasteiger partial charge in [0.25, 0.3) is 0 Å². The number of carbonyl (C=O) groups excluding carboxylic acids is 2. The lowest BCUT2D eigenvalue weighted by molar-refractivity contribution is -0.251. The molecule has 1 aliphatic carbocycles. The highest BCUT2D eigenvalue weighted by atomic mass is 19.4. The number of carbonyl (C=O) groups is 2. The molecule has 0 spiro atoms. The van der Waals surface area contributed by atoms with Gasteiger partial charge < -0.3 is 5.11 Å². The van der Waals surface area contributed by atoms with Crippen LogP contribution in [-0.2, 0) is 0 Å². The van der Waals surface area contributed by atoms with E-state index >= 15 is 0 Å². The molecule has 0 aliphatic heterocycles. The monoisotopic (exact) mass is 298 g/mol. The molecular weight excluding hydrogens is 285 g/mol. The third-order valence-corrected chi connectivity index (χ3v) is 3.62. The maximum Gasteiger partial charge on any atom is 0.417 e. The average molecular weight is 298 g/mol. The molecular formula is C15H13F3O3. The molecule has 0 amide bonds. The number of fused-ring (bicyclic) bond motifs is 1. The van der Waals surface area contributed by atoms with Crippen molar-refractivity contribution in [3.8, 4) is 0 Å². The zero-order valence-electron chi connectivity index (χ0n) is 11.4. The summed E-state index contributed by atoms with van der Waals surface area (Å²) in [6.45, 7) is 1.89. The van der Waals surface area contributed by atoms with E-state index in [-0.39, 0.29) is 22.3 Å². The Morgan fingerprint density at radius 1 is 1.05 bits per heavy atom. The Hall–Kier alpha value is -1.95. The maximum absolute atomic E-state index is 12.8. The molecule has 0 aromatic heterocycles. The minimum Gasteiger partial charge on any atom is -0.380 e. The van der Waals surface area contributed by atoms with Crippen molar-refractivity contribution in [2.75, 3.05) is 0 Å². The molecule has 2 rings (SSSR count). The molecule has 1 aromatic rings. The lowest BCUT2D eigenvalue weighted by Gasteiger charge is -2.29. The normalized spacial score (nSPS) is 18.6. The Kier molecular flexibility index (Phi) is 3.53. The molecule has 0 saturated carbocycles. The third-order valence-electron chi connectivity index (χ3n) is 3.62. The van der Waals surface area contributed by atoms with Gasteiger partial charge in [0.1, 0.15) is 0 Å². The number of Topliss-reactive ketones (excluding diaryl/α,β-unsaturated/α-hetero) is 2. The first-order valence-electron chi connectivity index (χ1n) is 6.23. The van der Waals surface area contributed by atoms with Gasteiger partial charge in [-0.05, 0) is 13.8 Å². The van der Waals surface area contributed by atoms with E-state index in [0.29, 0.717) is 6.92 Å². The van der Waals surface area contributed by atoms with E-state index in [4.69, 9.17) is 0 Å². The van der Waals surface area contributed by atoms with Crippen LogP contribution in [0.3, 0.4) is 0 Å². The number of ketones is 2. The van der Waals surface area contributed by atoms with E-state index in [9.17, 15) is 27.9 Å². The van der Waals surface area contributed by atoms with Crippen LogP contribution in [0, 0.1) is 0 Å². The van der Waals surface area contributed by atoms with Crippen LogP contribution in [0.2, 0.25) is 0 Å². The molecule has 1 N–H and O–H groups in total. The molecule has 0 radical (unpaired) electrons. The van der Waals surface area contributed by atoms with Crippen LogP contribution in [0.5, 0.6) is 0 Å². The smallest absolute Gasteiger partial charge is 0.380 e. The minimum atomic E-state index is -4.89. The summed E-state index contributed by atoms with van der Waals surface area (Å²) in [5, 5.41) is 9.55. The van der Waals surface area contributed by atoms with Gasteiger partial charge in [-0.15, -0.1) is 0 Å². The third kappa shape index (κ3) is 2.51. The van der Waals surface area contributed by atoms with Gasteiger partial charge >= 0.3 is 6.18 Å². The van der Waals surface area contributed by atoms with Gasteiger partial charge in [-0.3, -0.25) is 9.59 Å². The summed E-state index contributed by atoms with van der Waals surface area (Å²) < 4.78 is 38.3. The molecule has 112 valence electrons. The van der Waals surface area contributed by atoms with Crippen molar-refractivity contribution in [3.05, 3.63) is 46.5 Å². The lowest BCUT2D eigenvalue weighted by atomic mass is 9.80. The van der Waals surface area contributed by atoms with Crippen LogP contribution < -0.4 is 0 Å². The van der Waals surface area contributed by atoms with Gasteiger partial charge in [-0.25, -0.2) is 0 Å². The van der Waals surface area contributed by atoms with E-state index in [1.807, 2.05) is 0 Å². The topological polar surface area (TPSA) is 54.4 Å². The second-order valence-corrected chi connectivity index (χ2v) is 5.26. The van der Waals surface area contributed by atoms with Crippen LogP contribution in [0.4, 0.5) is 13.2 Å². The van der Waals surface area contributed by atoms with E-state index in [0.717, 1.165) is 0 Å². The summed E-state index contributed by atoms with van der Waals surface area (Å²) in [7, 11) is 0. The average Bonchev–Trinajstić information content (AvgIpc) is 2.40. The fourth-order valence-corrected chi connectivity index (χ4v) is 2.21. The highest BCUT2D eigenvalue weighted by Crippen LogP contribution is 2.38. The van der Waals surface area contributed by atoms with Crippen LogP contribution in [0.1, 0.15) is 41.0 Å². The number of halogens is 3. The minimum absolute atomic E-state index is 0.0526. The van der Waals surface area contributed by atoms with Gasteiger partial charge in [0.15, 0.2) is 17.2 Å². The van der Waals surface area contributed by atoms with Gasteiger partial charge in [-0.2, -0.15) is 13.2 Å². The number of hydrogen-bond donors (Lipinski definition) is 1. The van der Waals surface area contributed by atoms with E-state index < -0.39 is 29.8 Å². The molecule has 0 bridgehead atoms. The molecule has 0 fully saturated rings. The standard InChI is InChI=1S/C15H13F3O3/c1-8-11(7-14(2,21)15(16,17)18)13(20)10-6-4-3-5-9(10)12(8)19/h3-6,21H,7H2,1-2H3. The highest BCUT2D eigenvalue weighted by Gasteiger charge is 2.51. The first-order chi connectivity index (χ1) is 9.56. The first-order valence-corrected chi connectivity index (χ1v) is 6.23. The molecule has 1 atom stereocenters. The highest BCUT2D eigenvalue weighted by molar-refractivity contribution is 6.26. The lowest BCUT2D eigenvalue weighted by Crippen LogP contribution is -2.43. The van der Waals surface area contributed by atoms with Crippen LogP contribution in [-0.4, -0.2) is 28.5 Å². The van der Waals surface area contributed by atoms with Gasteiger partial charge in [-0.1, -0.05) is 24.3 Å². The second-order valence-electron chi connectivity index (χ2n) is 5.26. The maximum atomic E-state index is 12.8. The summed E-state index contributed by atoms with van der Waals surface area (Å²) >= 11 is 0. The zero-order valence-corrected chi connectivity index (χ0v) is 11.4. The molecule has 0 saturated heterocycles. The first kappa shape index (κ1) is 15.4. The molecule has 6 heteroatoms. The Morgan fingerprint density at radius 2 is 1.52 bits per heavy atom. The molecule has 3 nitrogen and oxygen atoms in total. The number of aliphatic hydroxyl groups is 1. The van der Waals surface area contributed by atoms with Crippen LogP contribution in [0.25, 0.3) is 0 Å². The van der Waals surface area contributed by atoms with Crippen LogP contribution in [0.15, 0.2) is 35.4 Å². The quantitative estimate of drug-likeness (QED) is 0.913. The predicted molar refractivity (Wildman–Crippen MR) is 69.1 cm³/mol. The fraction of sp³-hybridized carbons (Fsp3) is 0.333. The molecule has 1 aliphatic rings. The fourth-order valence-electron chi connectivity index (χ4n) is 2.21. The summed E-state index contributed by atoms with van der Waals surface area (Å²) in [6.07, 6.45) is -5.83. The summed E-state index contributed by atoms with van der Waals surface area (Å²) in [5.74, 6) is -1.13. The summed E-state index contributed by atoms with van der Waals surface area (Å²) in [5.41, 5.74) is -3.16. The number of allylic oxidation sites excluding steroid dienone is 1. The van der Waals surface area contributed by atoms with Gasteiger partial charge in [0.2, 0.25) is 0 Å². The van der Waals surface area contributed by atoms with Gasteiger partial charge in [0, 0.05) is 28.7 Å². The molecule has 21 heavy (non-hydrogen) atoms. The van der Waals surface area contributed by atoms with E-state index in [1.165, 1.54) is 25.1 Å². The number of alkyl halides is 3. The second kappa shape index (κ2) is 4.80. The van der Waals surface area contributed by atoms with Crippen molar-refractivity contribution < 1.29 is 27.9 Å².